The maximum Gasteiger partial charge on any atom is 0.322 e. The van der Waals surface area contributed by atoms with Crippen LogP contribution in [-0.2, 0) is 0 Å². The van der Waals surface area contributed by atoms with Gasteiger partial charge in [0.1, 0.15) is 11.6 Å². The zero-order chi connectivity index (χ0) is 24.9. The lowest BCUT2D eigenvalue weighted by molar-refractivity contribution is 0.189. The number of aryl methyl sites for hydroxylation is 1. The Morgan fingerprint density at radius 3 is 2.51 bits per heavy atom. The van der Waals surface area contributed by atoms with Crippen LogP contribution in [0.2, 0.25) is 0 Å². The largest absolute Gasteiger partial charge is 0.495 e. The van der Waals surface area contributed by atoms with Gasteiger partial charge >= 0.3 is 6.03 Å². The lowest BCUT2D eigenvalue weighted by Crippen LogP contribution is -2.40. The van der Waals surface area contributed by atoms with Gasteiger partial charge in [-0.25, -0.2) is 9.78 Å². The zero-order valence-corrected chi connectivity index (χ0v) is 20.5. The fourth-order valence-corrected chi connectivity index (χ4v) is 4.21. The first-order valence-corrected chi connectivity index (χ1v) is 11.7. The quantitative estimate of drug-likeness (QED) is 0.375. The van der Waals surface area contributed by atoms with Gasteiger partial charge in [0.25, 0.3) is 5.56 Å². The van der Waals surface area contributed by atoms with Gasteiger partial charge in [0.2, 0.25) is 0 Å². The van der Waals surface area contributed by atoms with Crippen LogP contribution in [0, 0.1) is 6.92 Å². The normalized spacial score (nSPS) is 11.8. The van der Waals surface area contributed by atoms with Gasteiger partial charge in [-0.1, -0.05) is 43.3 Å². The van der Waals surface area contributed by atoms with Gasteiger partial charge in [-0.15, -0.1) is 0 Å². The van der Waals surface area contributed by atoms with Crippen LogP contribution < -0.4 is 15.6 Å². The van der Waals surface area contributed by atoms with Crippen molar-refractivity contribution < 1.29 is 9.53 Å². The Morgan fingerprint density at radius 1 is 1.09 bits per heavy atom. The number of benzene rings is 3. The number of para-hydroxylation sites is 2. The summed E-state index contributed by atoms with van der Waals surface area (Å²) in [4.78, 5) is 33.8. The highest BCUT2D eigenvalue weighted by Gasteiger charge is 2.27. The van der Waals surface area contributed by atoms with Crippen LogP contribution in [0.3, 0.4) is 0 Å². The molecule has 180 valence electrons. The molecule has 4 aromatic rings. The van der Waals surface area contributed by atoms with Crippen LogP contribution in [0.5, 0.6) is 5.75 Å². The minimum Gasteiger partial charge on any atom is -0.495 e. The Hall–Kier alpha value is -4.13. The van der Waals surface area contributed by atoms with E-state index in [1.54, 1.807) is 22.6 Å². The lowest BCUT2D eigenvalue weighted by atomic mass is 10.1. The topological polar surface area (TPSA) is 76.5 Å². The number of nitrogens with one attached hydrogen (secondary N) is 1. The molecule has 0 aliphatic heterocycles. The summed E-state index contributed by atoms with van der Waals surface area (Å²) in [6.07, 6.45) is 0.748. The second-order valence-corrected chi connectivity index (χ2v) is 8.47. The molecule has 3 aromatic carbocycles. The Kier molecular flexibility index (Phi) is 7.15. The van der Waals surface area contributed by atoms with E-state index < -0.39 is 6.04 Å². The van der Waals surface area contributed by atoms with Crippen LogP contribution in [0.4, 0.5) is 10.5 Å². The van der Waals surface area contributed by atoms with Gasteiger partial charge in [0, 0.05) is 12.2 Å². The summed E-state index contributed by atoms with van der Waals surface area (Å²) in [5.41, 5.74) is 2.66. The first-order chi connectivity index (χ1) is 16.9. The van der Waals surface area contributed by atoms with Crippen molar-refractivity contribution in [2.45, 2.75) is 33.2 Å². The van der Waals surface area contributed by atoms with Crippen molar-refractivity contribution in [1.29, 1.82) is 0 Å². The second-order valence-electron chi connectivity index (χ2n) is 8.47. The number of carbonyl (C=O) groups excluding carboxylic acids is 1. The summed E-state index contributed by atoms with van der Waals surface area (Å²) < 4.78 is 7.19. The molecule has 0 bridgehead atoms. The fraction of sp³-hybridized carbons (Fsp3) is 0.250. The van der Waals surface area contributed by atoms with E-state index in [-0.39, 0.29) is 11.6 Å². The summed E-state index contributed by atoms with van der Waals surface area (Å²) in [6, 6.07) is 21.5. The van der Waals surface area contributed by atoms with E-state index in [1.165, 1.54) is 0 Å². The van der Waals surface area contributed by atoms with Crippen molar-refractivity contribution >= 4 is 22.6 Å². The van der Waals surface area contributed by atoms with Gasteiger partial charge in [-0.05, 0) is 62.2 Å². The van der Waals surface area contributed by atoms with Gasteiger partial charge in [-0.2, -0.15) is 0 Å². The first-order valence-electron chi connectivity index (χ1n) is 11.7. The fourth-order valence-electron chi connectivity index (χ4n) is 4.21. The van der Waals surface area contributed by atoms with Gasteiger partial charge in [-0.3, -0.25) is 9.36 Å². The molecule has 1 unspecified atom stereocenters. The molecule has 0 fully saturated rings. The lowest BCUT2D eigenvalue weighted by Gasteiger charge is -2.30. The van der Waals surface area contributed by atoms with Crippen molar-refractivity contribution in [3.8, 4) is 11.4 Å². The van der Waals surface area contributed by atoms with Gasteiger partial charge in [0.15, 0.2) is 0 Å². The number of nitrogens with zero attached hydrogens (tertiary/aromatic N) is 3. The number of urea groups is 1. The maximum absolute atomic E-state index is 13.8. The van der Waals surface area contributed by atoms with Crippen LogP contribution in [0.15, 0.2) is 77.6 Å². The highest BCUT2D eigenvalue weighted by atomic mass is 16.5. The second kappa shape index (κ2) is 10.4. The molecule has 7 heteroatoms. The summed E-state index contributed by atoms with van der Waals surface area (Å²) in [5, 5.41) is 3.47. The molecule has 0 radical (unpaired) electrons. The summed E-state index contributed by atoms with van der Waals surface area (Å²) in [6.45, 7) is 6.37. The van der Waals surface area contributed by atoms with E-state index in [1.807, 2.05) is 87.5 Å². The number of rotatable bonds is 7. The van der Waals surface area contributed by atoms with E-state index in [9.17, 15) is 9.59 Å². The monoisotopic (exact) mass is 470 g/mol. The third-order valence-corrected chi connectivity index (χ3v) is 5.97. The smallest absolute Gasteiger partial charge is 0.322 e. The summed E-state index contributed by atoms with van der Waals surface area (Å²) >= 11 is 0. The maximum atomic E-state index is 13.8. The minimum absolute atomic E-state index is 0.207. The Bertz CT molecular complexity index is 1400. The predicted octanol–water partition coefficient (Wildman–Crippen LogP) is 5.71. The molecule has 4 rings (SSSR count). The zero-order valence-electron chi connectivity index (χ0n) is 20.5. The first kappa shape index (κ1) is 24.0. The average molecular weight is 471 g/mol. The summed E-state index contributed by atoms with van der Waals surface area (Å²) in [7, 11) is 1.58. The van der Waals surface area contributed by atoms with Crippen LogP contribution in [-0.4, -0.2) is 34.1 Å². The van der Waals surface area contributed by atoms with Crippen LogP contribution >= 0.6 is 0 Å². The Morgan fingerprint density at radius 2 is 1.80 bits per heavy atom. The van der Waals surface area contributed by atoms with Crippen molar-refractivity contribution in [3.63, 3.8) is 0 Å². The average Bonchev–Trinajstić information content (AvgIpc) is 2.87. The molecule has 7 nitrogen and oxygen atoms in total. The minimum atomic E-state index is -0.499. The number of hydrogen-bond acceptors (Lipinski definition) is 4. The van der Waals surface area contributed by atoms with Crippen molar-refractivity contribution in [2.75, 3.05) is 19.0 Å². The number of amides is 2. The van der Waals surface area contributed by atoms with Crippen LogP contribution in [0.25, 0.3) is 16.6 Å². The number of methoxy groups -OCH3 is 1. The molecule has 35 heavy (non-hydrogen) atoms. The molecule has 0 aliphatic rings. The van der Waals surface area contributed by atoms with E-state index in [0.29, 0.717) is 40.4 Å². The molecule has 1 atom stereocenters. The third-order valence-electron chi connectivity index (χ3n) is 5.97. The van der Waals surface area contributed by atoms with E-state index >= 15 is 0 Å². The molecular formula is C28H30N4O3. The number of hydrogen-bond donors (Lipinski definition) is 1. The van der Waals surface area contributed by atoms with Crippen molar-refractivity contribution in [3.05, 3.63) is 94.5 Å². The molecule has 1 aromatic heterocycles. The molecule has 0 saturated carbocycles. The number of fused-ring (bicyclic) bond motifs is 1. The molecule has 2 amide bonds. The Labute approximate surface area is 205 Å². The van der Waals surface area contributed by atoms with Gasteiger partial charge in [0.05, 0.1) is 29.7 Å². The van der Waals surface area contributed by atoms with Crippen LogP contribution in [0.1, 0.15) is 37.7 Å². The summed E-state index contributed by atoms with van der Waals surface area (Å²) in [5.74, 6) is 1.02. The molecule has 1 N–H and O–H groups in total. The highest BCUT2D eigenvalue weighted by Crippen LogP contribution is 2.29. The number of anilines is 1. The van der Waals surface area contributed by atoms with E-state index in [2.05, 4.69) is 5.32 Å². The molecule has 1 heterocycles. The van der Waals surface area contributed by atoms with Crippen molar-refractivity contribution in [1.82, 2.24) is 14.5 Å². The SMILES string of the molecule is CCCN(C(=O)Nc1ccccc1)C(C)c1nc2ccccc2c(=O)n1-c1cc(C)ccc1OC. The van der Waals surface area contributed by atoms with E-state index in [0.717, 1.165) is 12.0 Å². The third kappa shape index (κ3) is 4.89. The standard InChI is InChI=1S/C28H30N4O3/c1-5-17-31(28(34)29-21-11-7-6-8-12-21)20(3)26-30-23-14-10-9-13-22(23)27(33)32(26)24-18-19(2)15-16-25(24)35-4/h6-16,18,20H,5,17H2,1-4H3,(H,29,34). The number of ether oxygens (including phenoxy) is 1. The van der Waals surface area contributed by atoms with E-state index in [4.69, 9.17) is 9.72 Å². The van der Waals surface area contributed by atoms with Crippen molar-refractivity contribution in [2.24, 2.45) is 0 Å². The molecule has 0 spiro atoms. The predicted molar refractivity (Wildman–Crippen MR) is 140 cm³/mol. The molecule has 0 saturated heterocycles. The molecule has 0 aliphatic carbocycles. The molecular weight excluding hydrogens is 440 g/mol. The Balaban J connectivity index is 1.89. The number of carbonyl (C=O) groups is 1. The highest BCUT2D eigenvalue weighted by molar-refractivity contribution is 5.89. The number of aromatic nitrogens is 2. The van der Waals surface area contributed by atoms with Gasteiger partial charge < -0.3 is 15.0 Å².